The summed E-state index contributed by atoms with van der Waals surface area (Å²) in [4.78, 5) is 2.41. The minimum Gasteiger partial charge on any atom is -0.497 e. The van der Waals surface area contributed by atoms with Crippen LogP contribution in [0.1, 0.15) is 24.5 Å². The van der Waals surface area contributed by atoms with Crippen LogP contribution < -0.4 is 14.2 Å². The summed E-state index contributed by atoms with van der Waals surface area (Å²) < 4.78 is 16.9. The van der Waals surface area contributed by atoms with E-state index >= 15 is 0 Å². The molecule has 29 heavy (non-hydrogen) atoms. The minimum atomic E-state index is 0.154. The fraction of sp³-hybridized carbons (Fsp3) is 0.348. The second-order valence-corrected chi connectivity index (χ2v) is 7.29. The summed E-state index contributed by atoms with van der Waals surface area (Å²) in [6, 6.07) is 14.1. The number of fused-ring (bicyclic) bond motifs is 1. The highest BCUT2D eigenvalue weighted by Crippen LogP contribution is 2.31. The van der Waals surface area contributed by atoms with E-state index in [1.165, 1.54) is 0 Å². The van der Waals surface area contributed by atoms with Gasteiger partial charge in [0.1, 0.15) is 23.4 Å². The Hall–Kier alpha value is -2.99. The van der Waals surface area contributed by atoms with E-state index in [1.54, 1.807) is 14.2 Å². The van der Waals surface area contributed by atoms with Crippen molar-refractivity contribution in [1.82, 2.24) is 15.1 Å². The lowest BCUT2D eigenvalue weighted by molar-refractivity contribution is 0.139. The summed E-state index contributed by atoms with van der Waals surface area (Å²) in [5, 5.41) is 7.47. The number of rotatable bonds is 6. The Labute approximate surface area is 171 Å². The average Bonchev–Trinajstić information content (AvgIpc) is 3.14. The van der Waals surface area contributed by atoms with E-state index in [0.29, 0.717) is 0 Å². The van der Waals surface area contributed by atoms with Crippen LogP contribution in [0.4, 0.5) is 0 Å². The summed E-state index contributed by atoms with van der Waals surface area (Å²) in [7, 11) is 3.37. The lowest BCUT2D eigenvalue weighted by Crippen LogP contribution is -2.32. The third kappa shape index (κ3) is 4.22. The molecule has 2 heterocycles. The van der Waals surface area contributed by atoms with Crippen LogP contribution >= 0.6 is 0 Å². The van der Waals surface area contributed by atoms with Gasteiger partial charge >= 0.3 is 0 Å². The van der Waals surface area contributed by atoms with E-state index in [1.807, 2.05) is 30.5 Å². The number of nitrogens with one attached hydrogen (secondary N) is 1. The summed E-state index contributed by atoms with van der Waals surface area (Å²) in [5.41, 5.74) is 4.45. The summed E-state index contributed by atoms with van der Waals surface area (Å²) in [5.74, 6) is 2.64. The maximum Gasteiger partial charge on any atom is 0.124 e. The van der Waals surface area contributed by atoms with E-state index in [9.17, 15) is 0 Å². The van der Waals surface area contributed by atoms with Gasteiger partial charge in [-0.3, -0.25) is 10.00 Å². The molecule has 1 aromatic heterocycles. The molecule has 6 nitrogen and oxygen atoms in total. The Morgan fingerprint density at radius 1 is 1.10 bits per heavy atom. The smallest absolute Gasteiger partial charge is 0.124 e. The number of hydrogen-bond donors (Lipinski definition) is 1. The van der Waals surface area contributed by atoms with Crippen LogP contribution in [0.3, 0.4) is 0 Å². The van der Waals surface area contributed by atoms with Crippen molar-refractivity contribution in [1.29, 1.82) is 0 Å². The van der Waals surface area contributed by atoms with E-state index in [4.69, 9.17) is 14.2 Å². The molecule has 3 aromatic rings. The quantitative estimate of drug-likeness (QED) is 0.678. The third-order valence-electron chi connectivity index (χ3n) is 5.36. The van der Waals surface area contributed by atoms with Crippen LogP contribution in [-0.4, -0.2) is 42.0 Å². The molecular weight excluding hydrogens is 366 g/mol. The van der Waals surface area contributed by atoms with Gasteiger partial charge in [-0.2, -0.15) is 5.10 Å². The minimum absolute atomic E-state index is 0.154. The largest absolute Gasteiger partial charge is 0.497 e. The average molecular weight is 393 g/mol. The molecule has 0 radical (unpaired) electrons. The number of methoxy groups -OCH3 is 2. The second-order valence-electron chi connectivity index (χ2n) is 7.29. The van der Waals surface area contributed by atoms with Gasteiger partial charge in [-0.05, 0) is 48.9 Å². The Morgan fingerprint density at radius 2 is 1.86 bits per heavy atom. The molecule has 4 rings (SSSR count). The number of H-pyrrole nitrogens is 1. The van der Waals surface area contributed by atoms with Crippen LogP contribution in [-0.2, 0) is 13.1 Å². The molecule has 0 saturated carbocycles. The fourth-order valence-electron chi connectivity index (χ4n) is 3.74. The van der Waals surface area contributed by atoms with Crippen molar-refractivity contribution in [2.75, 3.05) is 20.8 Å². The van der Waals surface area contributed by atoms with Gasteiger partial charge in [0.15, 0.2) is 0 Å². The summed E-state index contributed by atoms with van der Waals surface area (Å²) >= 11 is 0. The lowest BCUT2D eigenvalue weighted by atomic mass is 10.1. The van der Waals surface area contributed by atoms with Gasteiger partial charge in [0, 0.05) is 36.3 Å². The van der Waals surface area contributed by atoms with Gasteiger partial charge in [-0.15, -0.1) is 0 Å². The SMILES string of the molecule is CC[C@H]1CN(Cc2cn[nH]c2-c2ccc(OC)cc2)Cc2cc(OC)ccc2O1. The van der Waals surface area contributed by atoms with Crippen LogP contribution in [0.2, 0.25) is 0 Å². The van der Waals surface area contributed by atoms with E-state index in [0.717, 1.165) is 65.7 Å². The molecule has 0 unspecified atom stereocenters. The monoisotopic (exact) mass is 393 g/mol. The highest BCUT2D eigenvalue weighted by atomic mass is 16.5. The van der Waals surface area contributed by atoms with Gasteiger partial charge in [0.2, 0.25) is 0 Å². The van der Waals surface area contributed by atoms with E-state index in [-0.39, 0.29) is 6.10 Å². The molecular formula is C23H27N3O3. The first-order valence-corrected chi connectivity index (χ1v) is 9.92. The van der Waals surface area contributed by atoms with Gasteiger partial charge in [-0.25, -0.2) is 0 Å². The van der Waals surface area contributed by atoms with Crippen molar-refractivity contribution in [3.63, 3.8) is 0 Å². The van der Waals surface area contributed by atoms with Gasteiger partial charge in [0.25, 0.3) is 0 Å². The van der Waals surface area contributed by atoms with Crippen molar-refractivity contribution in [3.8, 4) is 28.5 Å². The van der Waals surface area contributed by atoms with Crippen molar-refractivity contribution < 1.29 is 14.2 Å². The Morgan fingerprint density at radius 3 is 2.59 bits per heavy atom. The van der Waals surface area contributed by atoms with Crippen LogP contribution in [0.25, 0.3) is 11.3 Å². The predicted octanol–water partition coefficient (Wildman–Crippen LogP) is 4.27. The summed E-state index contributed by atoms with van der Waals surface area (Å²) in [6.45, 7) is 4.61. The highest BCUT2D eigenvalue weighted by Gasteiger charge is 2.23. The lowest BCUT2D eigenvalue weighted by Gasteiger charge is -2.23. The topological polar surface area (TPSA) is 59.6 Å². The van der Waals surface area contributed by atoms with E-state index < -0.39 is 0 Å². The molecule has 0 fully saturated rings. The first-order valence-electron chi connectivity index (χ1n) is 9.92. The zero-order valence-corrected chi connectivity index (χ0v) is 17.1. The molecule has 152 valence electrons. The highest BCUT2D eigenvalue weighted by molar-refractivity contribution is 5.63. The van der Waals surface area contributed by atoms with Gasteiger partial charge in [0.05, 0.1) is 26.1 Å². The first-order chi connectivity index (χ1) is 14.2. The maximum atomic E-state index is 6.26. The van der Waals surface area contributed by atoms with Gasteiger partial charge in [-0.1, -0.05) is 6.92 Å². The first kappa shape index (κ1) is 19.3. The van der Waals surface area contributed by atoms with Crippen LogP contribution in [0.5, 0.6) is 17.2 Å². The molecule has 6 heteroatoms. The Bertz CT molecular complexity index is 952. The molecule has 0 bridgehead atoms. The van der Waals surface area contributed by atoms with Crippen molar-refractivity contribution in [3.05, 3.63) is 59.8 Å². The number of ether oxygens (including phenoxy) is 3. The summed E-state index contributed by atoms with van der Waals surface area (Å²) in [6.07, 6.45) is 3.03. The number of benzene rings is 2. The maximum absolute atomic E-state index is 6.26. The van der Waals surface area contributed by atoms with Crippen molar-refractivity contribution in [2.45, 2.75) is 32.5 Å². The molecule has 0 saturated heterocycles. The van der Waals surface area contributed by atoms with Crippen molar-refractivity contribution >= 4 is 0 Å². The molecule has 1 N–H and O–H groups in total. The number of nitrogens with zero attached hydrogens (tertiary/aromatic N) is 2. The predicted molar refractivity (Wildman–Crippen MR) is 112 cm³/mol. The number of aromatic nitrogens is 2. The fourth-order valence-corrected chi connectivity index (χ4v) is 3.74. The van der Waals surface area contributed by atoms with E-state index in [2.05, 4.69) is 40.2 Å². The molecule has 2 aromatic carbocycles. The Kier molecular flexibility index (Phi) is 5.71. The molecule has 1 aliphatic rings. The molecule has 1 aliphatic heterocycles. The van der Waals surface area contributed by atoms with Crippen LogP contribution in [0, 0.1) is 0 Å². The molecule has 1 atom stereocenters. The molecule has 0 amide bonds. The standard InChI is InChI=1S/C23H27N3O3/c1-4-19-15-26(13-17-11-21(28-3)9-10-22(17)29-19)14-18-12-24-25-23(18)16-5-7-20(27-2)8-6-16/h5-12,19H,4,13-15H2,1-3H3,(H,24,25)/t19-/m0/s1. The zero-order valence-electron chi connectivity index (χ0n) is 17.1. The number of hydrogen-bond acceptors (Lipinski definition) is 5. The zero-order chi connectivity index (χ0) is 20.2. The number of aromatic amines is 1. The van der Waals surface area contributed by atoms with Crippen LogP contribution in [0.15, 0.2) is 48.7 Å². The normalized spacial score (nSPS) is 16.6. The third-order valence-corrected chi connectivity index (χ3v) is 5.36. The Balaban J connectivity index is 1.59. The second kappa shape index (κ2) is 8.57. The molecule has 0 spiro atoms. The van der Waals surface area contributed by atoms with Gasteiger partial charge < -0.3 is 14.2 Å². The van der Waals surface area contributed by atoms with Crippen molar-refractivity contribution in [2.24, 2.45) is 0 Å². The molecule has 0 aliphatic carbocycles.